The van der Waals surface area contributed by atoms with Gasteiger partial charge in [-0.25, -0.2) is 4.98 Å². The Hall–Kier alpha value is -1.22. The number of nitrogens with zero attached hydrogens (tertiary/aromatic N) is 3. The summed E-state index contributed by atoms with van der Waals surface area (Å²) in [5.74, 6) is 4.31. The molecule has 0 radical (unpaired) electrons. The Kier molecular flexibility index (Phi) is 8.60. The number of rotatable bonds is 5. The van der Waals surface area contributed by atoms with Crippen molar-refractivity contribution in [3.05, 3.63) is 54.1 Å². The molecule has 0 bridgehead atoms. The lowest BCUT2D eigenvalue weighted by Crippen LogP contribution is -2.45. The largest absolute Gasteiger partial charge is 0.353 e. The quantitative estimate of drug-likeness (QED) is 0.400. The second-order valence-electron chi connectivity index (χ2n) is 5.94. The zero-order valence-electron chi connectivity index (χ0n) is 14.5. The number of hydrogen-bond acceptors (Lipinski definition) is 3. The van der Waals surface area contributed by atoms with E-state index in [0.717, 1.165) is 24.1 Å². The normalized spacial score (nSPS) is 17.6. The van der Waals surface area contributed by atoms with Gasteiger partial charge in [-0.15, -0.1) is 24.0 Å². The Balaban J connectivity index is 0.00000225. The summed E-state index contributed by atoms with van der Waals surface area (Å²) in [4.78, 5) is 8.82. The number of thioether (sulfide) groups is 1. The Morgan fingerprint density at radius 2 is 2.20 bits per heavy atom. The van der Waals surface area contributed by atoms with Crippen molar-refractivity contribution in [1.82, 2.24) is 20.2 Å². The molecule has 7 heteroatoms. The molecule has 5 nitrogen and oxygen atoms in total. The van der Waals surface area contributed by atoms with Crippen LogP contribution in [0.25, 0.3) is 0 Å². The van der Waals surface area contributed by atoms with Crippen molar-refractivity contribution in [3.63, 3.8) is 0 Å². The summed E-state index contributed by atoms with van der Waals surface area (Å²) < 4.78 is 2.17. The van der Waals surface area contributed by atoms with Crippen LogP contribution < -0.4 is 10.6 Å². The summed E-state index contributed by atoms with van der Waals surface area (Å²) in [6.45, 7) is 1.50. The van der Waals surface area contributed by atoms with E-state index in [1.807, 2.05) is 37.3 Å². The van der Waals surface area contributed by atoms with Crippen molar-refractivity contribution in [2.24, 2.45) is 4.99 Å². The molecule has 1 aromatic heterocycles. The highest BCUT2D eigenvalue weighted by atomic mass is 127. The zero-order valence-corrected chi connectivity index (χ0v) is 17.7. The van der Waals surface area contributed by atoms with Gasteiger partial charge in [0.15, 0.2) is 5.96 Å². The summed E-state index contributed by atoms with van der Waals surface area (Å²) in [6.07, 6.45) is 6.38. The van der Waals surface area contributed by atoms with E-state index >= 15 is 0 Å². The van der Waals surface area contributed by atoms with Gasteiger partial charge in [-0.2, -0.15) is 11.8 Å². The minimum atomic E-state index is 0. The molecule has 0 spiro atoms. The van der Waals surface area contributed by atoms with E-state index in [2.05, 4.69) is 49.4 Å². The van der Waals surface area contributed by atoms with Gasteiger partial charge in [0.05, 0.1) is 6.54 Å². The molecule has 136 valence electrons. The van der Waals surface area contributed by atoms with E-state index in [0.29, 0.717) is 12.6 Å². The van der Waals surface area contributed by atoms with E-state index in [-0.39, 0.29) is 24.0 Å². The lowest BCUT2D eigenvalue weighted by molar-refractivity contribution is 0.578. The topological polar surface area (TPSA) is 54.2 Å². The van der Waals surface area contributed by atoms with Crippen LogP contribution in [0.3, 0.4) is 0 Å². The molecule has 1 atom stereocenters. The first-order valence-corrected chi connectivity index (χ1v) is 9.59. The monoisotopic (exact) mass is 471 g/mol. The number of halogens is 1. The Bertz CT molecular complexity index is 652. The minimum Gasteiger partial charge on any atom is -0.353 e. The summed E-state index contributed by atoms with van der Waals surface area (Å²) in [5.41, 5.74) is 1.28. The van der Waals surface area contributed by atoms with Crippen LogP contribution in [0.4, 0.5) is 0 Å². The van der Waals surface area contributed by atoms with Gasteiger partial charge in [0, 0.05) is 37.8 Å². The summed E-state index contributed by atoms with van der Waals surface area (Å²) in [7, 11) is 1.82. The number of guanidine groups is 1. The predicted molar refractivity (Wildman–Crippen MR) is 117 cm³/mol. The van der Waals surface area contributed by atoms with Crippen molar-refractivity contribution >= 4 is 41.7 Å². The van der Waals surface area contributed by atoms with Crippen LogP contribution in [0.1, 0.15) is 24.2 Å². The molecule has 0 saturated carbocycles. The number of aliphatic imine (C=N–C) groups is 1. The third kappa shape index (κ3) is 6.22. The van der Waals surface area contributed by atoms with Crippen LogP contribution in [0.2, 0.25) is 0 Å². The van der Waals surface area contributed by atoms with E-state index in [1.54, 1.807) is 0 Å². The number of aromatic nitrogens is 2. The SMILES string of the molecule is CN=C(NCc1nccn1Cc1ccccc1)NC1CCCSC1.I. The summed E-state index contributed by atoms with van der Waals surface area (Å²) in [6, 6.07) is 11.0. The van der Waals surface area contributed by atoms with Crippen LogP contribution in [0.5, 0.6) is 0 Å². The Labute approximate surface area is 171 Å². The maximum atomic E-state index is 4.48. The number of nitrogens with one attached hydrogen (secondary N) is 2. The van der Waals surface area contributed by atoms with Crippen LogP contribution in [0.15, 0.2) is 47.7 Å². The Morgan fingerprint density at radius 3 is 2.92 bits per heavy atom. The molecule has 1 aliphatic rings. The second-order valence-corrected chi connectivity index (χ2v) is 7.09. The maximum absolute atomic E-state index is 4.48. The van der Waals surface area contributed by atoms with Crippen molar-refractivity contribution in [3.8, 4) is 0 Å². The first kappa shape index (κ1) is 20.1. The predicted octanol–water partition coefficient (Wildman–Crippen LogP) is 3.11. The summed E-state index contributed by atoms with van der Waals surface area (Å²) in [5, 5.41) is 6.91. The van der Waals surface area contributed by atoms with Gasteiger partial charge >= 0.3 is 0 Å². The maximum Gasteiger partial charge on any atom is 0.191 e. The molecule has 0 aliphatic carbocycles. The molecule has 25 heavy (non-hydrogen) atoms. The molecule has 2 aromatic rings. The van der Waals surface area contributed by atoms with E-state index < -0.39 is 0 Å². The smallest absolute Gasteiger partial charge is 0.191 e. The molecular formula is C18H26IN5S. The number of hydrogen-bond donors (Lipinski definition) is 2. The van der Waals surface area contributed by atoms with Crippen LogP contribution >= 0.6 is 35.7 Å². The Morgan fingerprint density at radius 1 is 1.36 bits per heavy atom. The average molecular weight is 471 g/mol. The van der Waals surface area contributed by atoms with Crippen molar-refractivity contribution in [1.29, 1.82) is 0 Å². The standard InChI is InChI=1S/C18H25N5S.HI/c1-19-18(22-16-8-5-11-24-14-16)21-12-17-20-9-10-23(17)13-15-6-3-2-4-7-15;/h2-4,6-7,9-10,16H,5,8,11-14H2,1H3,(H2,19,21,22);1H. The van der Waals surface area contributed by atoms with Crippen LogP contribution in [0, 0.1) is 0 Å². The molecule has 1 aliphatic heterocycles. The fourth-order valence-electron chi connectivity index (χ4n) is 2.84. The molecule has 1 unspecified atom stereocenters. The van der Waals surface area contributed by atoms with Gasteiger partial charge in [0.2, 0.25) is 0 Å². The molecule has 1 fully saturated rings. The van der Waals surface area contributed by atoms with Crippen molar-refractivity contribution in [2.45, 2.75) is 32.0 Å². The van der Waals surface area contributed by atoms with Crippen LogP contribution in [-0.4, -0.2) is 40.1 Å². The van der Waals surface area contributed by atoms with Gasteiger partial charge in [-0.3, -0.25) is 4.99 Å². The minimum absolute atomic E-state index is 0. The van der Waals surface area contributed by atoms with Crippen LogP contribution in [-0.2, 0) is 13.1 Å². The molecule has 2 heterocycles. The third-order valence-electron chi connectivity index (χ3n) is 4.14. The number of imidazole rings is 1. The molecule has 1 saturated heterocycles. The molecule has 2 N–H and O–H groups in total. The first-order valence-electron chi connectivity index (χ1n) is 8.44. The first-order chi connectivity index (χ1) is 11.8. The van der Waals surface area contributed by atoms with E-state index in [4.69, 9.17) is 0 Å². The highest BCUT2D eigenvalue weighted by Gasteiger charge is 2.15. The van der Waals surface area contributed by atoms with Gasteiger partial charge in [-0.1, -0.05) is 30.3 Å². The average Bonchev–Trinajstić information content (AvgIpc) is 3.07. The molecule has 3 rings (SSSR count). The fourth-order valence-corrected chi connectivity index (χ4v) is 3.91. The van der Waals surface area contributed by atoms with Gasteiger partial charge in [-0.05, 0) is 24.2 Å². The molecule has 1 aromatic carbocycles. The van der Waals surface area contributed by atoms with Gasteiger partial charge in [0.25, 0.3) is 0 Å². The lowest BCUT2D eigenvalue weighted by atomic mass is 10.2. The molecular weight excluding hydrogens is 445 g/mol. The van der Waals surface area contributed by atoms with Crippen molar-refractivity contribution in [2.75, 3.05) is 18.6 Å². The number of benzene rings is 1. The zero-order chi connectivity index (χ0) is 16.6. The molecule has 0 amide bonds. The van der Waals surface area contributed by atoms with Gasteiger partial charge in [0.1, 0.15) is 5.82 Å². The highest BCUT2D eigenvalue weighted by Crippen LogP contribution is 2.16. The third-order valence-corrected chi connectivity index (χ3v) is 5.35. The van der Waals surface area contributed by atoms with E-state index in [1.165, 1.54) is 24.2 Å². The van der Waals surface area contributed by atoms with Crippen molar-refractivity contribution < 1.29 is 0 Å². The summed E-state index contributed by atoms with van der Waals surface area (Å²) >= 11 is 2.01. The van der Waals surface area contributed by atoms with E-state index in [9.17, 15) is 0 Å². The second kappa shape index (κ2) is 10.7. The van der Waals surface area contributed by atoms with Gasteiger partial charge < -0.3 is 15.2 Å². The highest BCUT2D eigenvalue weighted by molar-refractivity contribution is 14.0. The fraction of sp³-hybridized carbons (Fsp3) is 0.444. The lowest BCUT2D eigenvalue weighted by Gasteiger charge is -2.24.